The largest absolute Gasteiger partial charge is 0.491 e. The molecule has 0 aromatic heterocycles. The van der Waals surface area contributed by atoms with Crippen molar-refractivity contribution in [2.45, 2.75) is 49.9 Å². The van der Waals surface area contributed by atoms with E-state index in [4.69, 9.17) is 28.7 Å². The van der Waals surface area contributed by atoms with Crippen LogP contribution in [0.3, 0.4) is 0 Å². The van der Waals surface area contributed by atoms with Crippen LogP contribution in [0.2, 0.25) is 0 Å². The van der Waals surface area contributed by atoms with Crippen LogP contribution in [0.4, 0.5) is 0 Å². The fourth-order valence-corrected chi connectivity index (χ4v) is 7.00. The van der Waals surface area contributed by atoms with E-state index in [1.807, 2.05) is 12.1 Å². The highest BCUT2D eigenvalue weighted by molar-refractivity contribution is 5.86. The van der Waals surface area contributed by atoms with E-state index in [1.54, 1.807) is 0 Å². The highest BCUT2D eigenvalue weighted by atomic mass is 17.2. The average molecular weight is 707 g/mol. The third-order valence-corrected chi connectivity index (χ3v) is 9.61. The van der Waals surface area contributed by atoms with Gasteiger partial charge in [-0.1, -0.05) is 112 Å². The maximum atomic E-state index is 11.6. The van der Waals surface area contributed by atoms with Crippen LogP contribution < -0.4 is 4.74 Å². The van der Waals surface area contributed by atoms with Crippen LogP contribution >= 0.6 is 0 Å². The molecule has 1 aliphatic carbocycles. The first-order valence-corrected chi connectivity index (χ1v) is 17.4. The highest BCUT2D eigenvalue weighted by Crippen LogP contribution is 2.56. The smallest absolute Gasteiger partial charge is 0.330 e. The Kier molecular flexibility index (Phi) is 12.8. The van der Waals surface area contributed by atoms with Crippen LogP contribution in [0.5, 0.6) is 5.75 Å². The molecular formula is C43H46O9. The average Bonchev–Trinajstić information content (AvgIpc) is 3.50. The van der Waals surface area contributed by atoms with E-state index in [2.05, 4.69) is 112 Å². The van der Waals surface area contributed by atoms with Crippen molar-refractivity contribution in [2.24, 2.45) is 0 Å². The van der Waals surface area contributed by atoms with Crippen LogP contribution in [-0.2, 0) is 44.6 Å². The second kappa shape index (κ2) is 17.4. The third-order valence-electron chi connectivity index (χ3n) is 9.61. The maximum Gasteiger partial charge on any atom is 0.330 e. The van der Waals surface area contributed by atoms with Gasteiger partial charge in [-0.2, -0.15) is 0 Å². The maximum absolute atomic E-state index is 11.6. The normalized spacial score (nSPS) is 14.0. The fourth-order valence-electron chi connectivity index (χ4n) is 7.00. The summed E-state index contributed by atoms with van der Waals surface area (Å²) in [4.78, 5) is 33.1. The molecular weight excluding hydrogens is 660 g/mol. The molecule has 9 nitrogen and oxygen atoms in total. The van der Waals surface area contributed by atoms with Crippen molar-refractivity contribution in [3.8, 4) is 16.9 Å². The van der Waals surface area contributed by atoms with Gasteiger partial charge in [0.05, 0.1) is 24.7 Å². The van der Waals surface area contributed by atoms with E-state index in [0.717, 1.165) is 28.8 Å². The van der Waals surface area contributed by atoms with Crippen LogP contribution in [0.1, 0.15) is 54.5 Å². The number of hydrogen-bond donors (Lipinski definition) is 1. The highest BCUT2D eigenvalue weighted by Gasteiger charge is 2.46. The molecule has 0 spiro atoms. The van der Waals surface area contributed by atoms with Gasteiger partial charge in [0.15, 0.2) is 6.10 Å². The number of carbonyl (C=O) groups excluding carboxylic acids is 2. The predicted molar refractivity (Wildman–Crippen MR) is 198 cm³/mol. The Bertz CT molecular complexity index is 1780. The van der Waals surface area contributed by atoms with E-state index >= 15 is 0 Å². The molecule has 1 aliphatic rings. The summed E-state index contributed by atoms with van der Waals surface area (Å²) in [7, 11) is 1.38. The number of benzene rings is 4. The van der Waals surface area contributed by atoms with Crippen LogP contribution in [-0.4, -0.2) is 62.8 Å². The third kappa shape index (κ3) is 7.88. The van der Waals surface area contributed by atoms with Gasteiger partial charge in [0.2, 0.25) is 0 Å². The number of ether oxygens (including phenoxy) is 4. The Hall–Kier alpha value is -5.06. The molecule has 5 rings (SSSR count). The van der Waals surface area contributed by atoms with E-state index in [1.165, 1.54) is 29.4 Å². The Balaban J connectivity index is 1.49. The van der Waals surface area contributed by atoms with Gasteiger partial charge in [-0.3, -0.25) is 0 Å². The van der Waals surface area contributed by atoms with Crippen LogP contribution in [0.15, 0.2) is 122 Å². The Morgan fingerprint density at radius 1 is 0.731 bits per heavy atom. The molecule has 0 bridgehead atoms. The van der Waals surface area contributed by atoms with Gasteiger partial charge < -0.3 is 24.1 Å². The predicted octanol–water partition coefficient (Wildman–Crippen LogP) is 7.23. The molecule has 0 saturated carbocycles. The van der Waals surface area contributed by atoms with Gasteiger partial charge >= 0.3 is 11.9 Å². The van der Waals surface area contributed by atoms with E-state index in [-0.39, 0.29) is 26.4 Å². The minimum Gasteiger partial charge on any atom is -0.491 e. The van der Waals surface area contributed by atoms with Crippen LogP contribution in [0.25, 0.3) is 11.1 Å². The first-order chi connectivity index (χ1) is 25.3. The number of esters is 2. The zero-order chi connectivity index (χ0) is 37.1. The lowest BCUT2D eigenvalue weighted by Gasteiger charge is -2.36. The number of rotatable bonds is 19. The van der Waals surface area contributed by atoms with Crippen molar-refractivity contribution < 1.29 is 43.4 Å². The van der Waals surface area contributed by atoms with Gasteiger partial charge in [-0.05, 0) is 63.9 Å². The first kappa shape index (κ1) is 38.2. The molecule has 272 valence electrons. The molecule has 0 heterocycles. The quantitative estimate of drug-likeness (QED) is 0.0412. The lowest BCUT2D eigenvalue weighted by molar-refractivity contribution is -0.313. The molecule has 1 N–H and O–H groups in total. The molecule has 0 fully saturated rings. The fraction of sp³-hybridized carbons (Fsp3) is 0.302. The van der Waals surface area contributed by atoms with Crippen molar-refractivity contribution >= 4 is 11.9 Å². The van der Waals surface area contributed by atoms with E-state index < -0.39 is 35.2 Å². The monoisotopic (exact) mass is 706 g/mol. The molecule has 0 amide bonds. The van der Waals surface area contributed by atoms with E-state index in [9.17, 15) is 14.7 Å². The van der Waals surface area contributed by atoms with Crippen molar-refractivity contribution in [1.29, 1.82) is 0 Å². The summed E-state index contributed by atoms with van der Waals surface area (Å²) in [5, 5.41) is 10.5. The SMILES string of the molecule is C=CC(=O)OCC(O)COC(CC)(CC)c1ccc(C2(c3ccc(OCC(COC(=O)C=C)OOC)cc3)c3ccccc3-c3ccccc32)cc1. The molecule has 9 heteroatoms. The topological polar surface area (TPSA) is 110 Å². The van der Waals surface area contributed by atoms with Crippen molar-refractivity contribution in [3.63, 3.8) is 0 Å². The van der Waals surface area contributed by atoms with Crippen molar-refractivity contribution in [2.75, 3.05) is 33.5 Å². The zero-order valence-electron chi connectivity index (χ0n) is 29.9. The lowest BCUT2D eigenvalue weighted by atomic mass is 9.67. The van der Waals surface area contributed by atoms with Gasteiger partial charge in [0.1, 0.15) is 31.7 Å². The number of carbonyl (C=O) groups is 2. The first-order valence-electron chi connectivity index (χ1n) is 17.4. The minimum atomic E-state index is -0.976. The summed E-state index contributed by atoms with van der Waals surface area (Å²) in [5.41, 5.74) is 6.50. The summed E-state index contributed by atoms with van der Waals surface area (Å²) in [5.74, 6) is -0.537. The number of aliphatic hydroxyl groups is 1. The van der Waals surface area contributed by atoms with Crippen LogP contribution in [0, 0.1) is 0 Å². The lowest BCUT2D eigenvalue weighted by Crippen LogP contribution is -2.34. The summed E-state index contributed by atoms with van der Waals surface area (Å²) < 4.78 is 22.6. The molecule has 0 radical (unpaired) electrons. The molecule has 0 aliphatic heterocycles. The molecule has 52 heavy (non-hydrogen) atoms. The summed E-state index contributed by atoms with van der Waals surface area (Å²) in [6.07, 6.45) is 1.88. The number of aliphatic hydroxyl groups excluding tert-OH is 1. The van der Waals surface area contributed by atoms with E-state index in [0.29, 0.717) is 18.6 Å². The van der Waals surface area contributed by atoms with Gasteiger partial charge in [0.25, 0.3) is 0 Å². The zero-order valence-corrected chi connectivity index (χ0v) is 29.9. The molecule has 4 aromatic rings. The number of fused-ring (bicyclic) bond motifs is 3. The summed E-state index contributed by atoms with van der Waals surface area (Å²) >= 11 is 0. The standard InChI is InChI=1S/C43H46O9/c1-6-40(45)49-26-33(44)27-51-42(8-3,9-4)30-18-20-31(21-19-30)43(38-16-12-10-14-36(38)37-15-11-13-17-39(37)43)32-22-24-34(25-23-32)48-28-35(52-47-5)29-50-41(46)7-2/h6-7,10-25,33,35,44H,1-2,8-9,26-29H2,3-5H3. The molecule has 4 aromatic carbocycles. The van der Waals surface area contributed by atoms with Crippen molar-refractivity contribution in [1.82, 2.24) is 0 Å². The Morgan fingerprint density at radius 2 is 1.25 bits per heavy atom. The Morgan fingerprint density at radius 3 is 1.77 bits per heavy atom. The van der Waals surface area contributed by atoms with Crippen molar-refractivity contribution in [3.05, 3.63) is 150 Å². The molecule has 2 unspecified atom stereocenters. The molecule has 2 atom stereocenters. The number of hydrogen-bond acceptors (Lipinski definition) is 9. The molecule has 0 saturated heterocycles. The second-order valence-corrected chi connectivity index (χ2v) is 12.5. The summed E-state index contributed by atoms with van der Waals surface area (Å²) in [6.45, 7) is 10.8. The van der Waals surface area contributed by atoms with Gasteiger partial charge in [0, 0.05) is 12.2 Å². The Labute approximate surface area is 305 Å². The van der Waals surface area contributed by atoms with Gasteiger partial charge in [-0.25, -0.2) is 19.4 Å². The second-order valence-electron chi connectivity index (χ2n) is 12.5. The van der Waals surface area contributed by atoms with Gasteiger partial charge in [-0.15, -0.1) is 0 Å². The minimum absolute atomic E-state index is 0.00523. The summed E-state index contributed by atoms with van der Waals surface area (Å²) in [6, 6.07) is 33.6.